The number of hydrogen-bond donors (Lipinski definition) is 2. The zero-order valence-corrected chi connectivity index (χ0v) is 21.6. The lowest BCUT2D eigenvalue weighted by molar-refractivity contribution is 0.617. The molecule has 0 saturated carbocycles. The maximum Gasteiger partial charge on any atom is 0.0631 e. The fourth-order valence-corrected chi connectivity index (χ4v) is 3.85. The van der Waals surface area contributed by atoms with Gasteiger partial charge >= 0.3 is 0 Å². The Labute approximate surface area is 208 Å². The van der Waals surface area contributed by atoms with Crippen molar-refractivity contribution >= 4 is 35.2 Å². The molecule has 0 aromatic heterocycles. The summed E-state index contributed by atoms with van der Waals surface area (Å²) in [6, 6.07) is 16.5. The Balaban J connectivity index is 1.62. The molecule has 0 radical (unpaired) electrons. The van der Waals surface area contributed by atoms with Crippen LogP contribution in [-0.4, -0.2) is 25.5 Å². The lowest BCUT2D eigenvalue weighted by Crippen LogP contribution is -2.00. The van der Waals surface area contributed by atoms with Crippen molar-refractivity contribution in [1.29, 1.82) is 0 Å². The van der Waals surface area contributed by atoms with Crippen LogP contribution in [0.2, 0.25) is 0 Å². The standard InChI is InChI=1S/C30H46N4/c1-3-5-7-9-11-13-23-31-27-15-19-29(20-16-27)33-25-26-34-30-21-17-28(18-22-30)32-24-14-12-10-8-6-4-2/h15-22,25-26,31-32H,3-14,23-24H2,1-2H3. The smallest absolute Gasteiger partial charge is 0.0631 e. The first kappa shape index (κ1) is 27.6. The Hall–Kier alpha value is -2.62. The van der Waals surface area contributed by atoms with Gasteiger partial charge in [-0.2, -0.15) is 0 Å². The van der Waals surface area contributed by atoms with Crippen molar-refractivity contribution in [1.82, 2.24) is 0 Å². The number of nitrogens with one attached hydrogen (secondary N) is 2. The molecular weight excluding hydrogens is 416 g/mol. The summed E-state index contributed by atoms with van der Waals surface area (Å²) < 4.78 is 0. The SMILES string of the molecule is CCCCCCCCNc1ccc(N=CC=Nc2ccc(NCCCCCCCC)cc2)cc1. The maximum atomic E-state index is 4.48. The summed E-state index contributed by atoms with van der Waals surface area (Å²) in [6.45, 7) is 6.59. The lowest BCUT2D eigenvalue weighted by atomic mass is 10.1. The highest BCUT2D eigenvalue weighted by Gasteiger charge is 1.95. The van der Waals surface area contributed by atoms with E-state index in [2.05, 4.69) is 58.7 Å². The molecule has 0 aliphatic rings. The third-order valence-corrected chi connectivity index (χ3v) is 5.97. The van der Waals surface area contributed by atoms with E-state index in [4.69, 9.17) is 0 Å². The molecule has 4 heteroatoms. The van der Waals surface area contributed by atoms with E-state index in [9.17, 15) is 0 Å². The summed E-state index contributed by atoms with van der Waals surface area (Å²) >= 11 is 0. The average molecular weight is 463 g/mol. The lowest BCUT2D eigenvalue weighted by Gasteiger charge is -2.06. The summed E-state index contributed by atoms with van der Waals surface area (Å²) in [7, 11) is 0. The zero-order valence-electron chi connectivity index (χ0n) is 21.6. The van der Waals surface area contributed by atoms with E-state index in [1.165, 1.54) is 77.0 Å². The normalized spacial score (nSPS) is 11.5. The first-order valence-corrected chi connectivity index (χ1v) is 13.6. The number of aliphatic imine (C=N–C) groups is 2. The van der Waals surface area contributed by atoms with Crippen molar-refractivity contribution in [2.24, 2.45) is 9.98 Å². The van der Waals surface area contributed by atoms with Crippen molar-refractivity contribution in [3.8, 4) is 0 Å². The molecule has 0 saturated heterocycles. The predicted octanol–water partition coefficient (Wildman–Crippen LogP) is 9.34. The van der Waals surface area contributed by atoms with Gasteiger partial charge in [-0.15, -0.1) is 0 Å². The third kappa shape index (κ3) is 13.2. The van der Waals surface area contributed by atoms with E-state index >= 15 is 0 Å². The van der Waals surface area contributed by atoms with Crippen LogP contribution < -0.4 is 10.6 Å². The van der Waals surface area contributed by atoms with Crippen LogP contribution in [0.15, 0.2) is 58.5 Å². The highest BCUT2D eigenvalue weighted by Crippen LogP contribution is 2.18. The van der Waals surface area contributed by atoms with Gasteiger partial charge in [-0.3, -0.25) is 9.98 Å². The molecule has 2 N–H and O–H groups in total. The van der Waals surface area contributed by atoms with E-state index in [-0.39, 0.29) is 0 Å². The summed E-state index contributed by atoms with van der Waals surface area (Å²) in [4.78, 5) is 8.96. The monoisotopic (exact) mass is 462 g/mol. The molecule has 0 aliphatic heterocycles. The van der Waals surface area contributed by atoms with Gasteiger partial charge in [-0.1, -0.05) is 78.1 Å². The Kier molecular flexibility index (Phi) is 15.2. The van der Waals surface area contributed by atoms with Gasteiger partial charge in [0.15, 0.2) is 0 Å². The second-order valence-corrected chi connectivity index (χ2v) is 9.04. The van der Waals surface area contributed by atoms with E-state index < -0.39 is 0 Å². The molecule has 0 spiro atoms. The number of unbranched alkanes of at least 4 members (excludes halogenated alkanes) is 10. The predicted molar refractivity (Wildman–Crippen MR) is 153 cm³/mol. The summed E-state index contributed by atoms with van der Waals surface area (Å²) in [5, 5.41) is 7.00. The highest BCUT2D eigenvalue weighted by atomic mass is 14.9. The zero-order chi connectivity index (χ0) is 24.1. The Morgan fingerprint density at radius 3 is 1.24 bits per heavy atom. The molecule has 186 valence electrons. The van der Waals surface area contributed by atoms with E-state index in [1.807, 2.05) is 24.3 Å². The number of anilines is 2. The second kappa shape index (κ2) is 18.8. The van der Waals surface area contributed by atoms with E-state index in [1.54, 1.807) is 12.4 Å². The van der Waals surface area contributed by atoms with Crippen molar-refractivity contribution < 1.29 is 0 Å². The van der Waals surface area contributed by atoms with Gasteiger partial charge in [0, 0.05) is 36.9 Å². The molecule has 0 aliphatic carbocycles. The topological polar surface area (TPSA) is 48.8 Å². The molecule has 0 atom stereocenters. The van der Waals surface area contributed by atoms with Crippen LogP contribution in [0.3, 0.4) is 0 Å². The molecule has 2 aromatic carbocycles. The van der Waals surface area contributed by atoms with Crippen molar-refractivity contribution in [3.05, 3.63) is 48.5 Å². The fourth-order valence-electron chi connectivity index (χ4n) is 3.85. The van der Waals surface area contributed by atoms with Crippen LogP contribution in [0.4, 0.5) is 22.7 Å². The van der Waals surface area contributed by atoms with Crippen molar-refractivity contribution in [2.75, 3.05) is 23.7 Å². The molecule has 0 unspecified atom stereocenters. The second-order valence-electron chi connectivity index (χ2n) is 9.04. The van der Waals surface area contributed by atoms with E-state index in [0.29, 0.717) is 0 Å². The maximum absolute atomic E-state index is 4.48. The van der Waals surface area contributed by atoms with Crippen LogP contribution in [0, 0.1) is 0 Å². The molecule has 0 heterocycles. The van der Waals surface area contributed by atoms with Gasteiger partial charge in [-0.25, -0.2) is 0 Å². The van der Waals surface area contributed by atoms with Crippen molar-refractivity contribution in [2.45, 2.75) is 90.9 Å². The molecule has 0 bridgehead atoms. The minimum Gasteiger partial charge on any atom is -0.385 e. The third-order valence-electron chi connectivity index (χ3n) is 5.97. The Morgan fingerprint density at radius 2 is 0.853 bits per heavy atom. The quantitative estimate of drug-likeness (QED) is 0.161. The highest BCUT2D eigenvalue weighted by molar-refractivity contribution is 6.17. The van der Waals surface area contributed by atoms with Crippen LogP contribution in [0.25, 0.3) is 0 Å². The molecular formula is C30H46N4. The van der Waals surface area contributed by atoms with Crippen LogP contribution >= 0.6 is 0 Å². The molecule has 4 nitrogen and oxygen atoms in total. The Morgan fingerprint density at radius 1 is 0.500 bits per heavy atom. The largest absolute Gasteiger partial charge is 0.385 e. The minimum absolute atomic E-state index is 0.936. The first-order valence-electron chi connectivity index (χ1n) is 13.6. The summed E-state index contributed by atoms with van der Waals surface area (Å²) in [6.07, 6.45) is 19.4. The van der Waals surface area contributed by atoms with Gasteiger partial charge < -0.3 is 10.6 Å². The van der Waals surface area contributed by atoms with Crippen molar-refractivity contribution in [3.63, 3.8) is 0 Å². The minimum atomic E-state index is 0.936. The van der Waals surface area contributed by atoms with Gasteiger partial charge in [0.1, 0.15) is 0 Å². The average Bonchev–Trinajstić information content (AvgIpc) is 2.87. The molecule has 2 rings (SSSR count). The molecule has 0 fully saturated rings. The van der Waals surface area contributed by atoms with Crippen LogP contribution in [0.5, 0.6) is 0 Å². The number of nitrogens with zero attached hydrogens (tertiary/aromatic N) is 2. The van der Waals surface area contributed by atoms with Gasteiger partial charge in [0.05, 0.1) is 11.4 Å². The molecule has 0 amide bonds. The van der Waals surface area contributed by atoms with Crippen LogP contribution in [-0.2, 0) is 0 Å². The molecule has 2 aromatic rings. The first-order chi connectivity index (χ1) is 16.8. The number of hydrogen-bond acceptors (Lipinski definition) is 4. The summed E-state index contributed by atoms with van der Waals surface area (Å²) in [5.74, 6) is 0. The van der Waals surface area contributed by atoms with E-state index in [0.717, 1.165) is 35.8 Å². The Bertz CT molecular complexity index is 724. The number of rotatable bonds is 19. The van der Waals surface area contributed by atoms with Gasteiger partial charge in [0.2, 0.25) is 0 Å². The number of benzene rings is 2. The van der Waals surface area contributed by atoms with Gasteiger partial charge in [-0.05, 0) is 61.4 Å². The fraction of sp³-hybridized carbons (Fsp3) is 0.533. The summed E-state index contributed by atoms with van der Waals surface area (Å²) in [5.41, 5.74) is 4.19. The molecule has 34 heavy (non-hydrogen) atoms. The van der Waals surface area contributed by atoms with Gasteiger partial charge in [0.25, 0.3) is 0 Å². The van der Waals surface area contributed by atoms with Crippen LogP contribution in [0.1, 0.15) is 90.9 Å².